The van der Waals surface area contributed by atoms with Crippen LogP contribution in [-0.2, 0) is 11.4 Å². The van der Waals surface area contributed by atoms with E-state index in [0.717, 1.165) is 12.1 Å². The van der Waals surface area contributed by atoms with E-state index in [1.165, 1.54) is 10.5 Å². The number of carbonyl (C=O) groups excluding carboxylic acids is 1. The molecule has 1 aliphatic carbocycles. The molecule has 204 valence electrons. The molecule has 15 heteroatoms. The summed E-state index contributed by atoms with van der Waals surface area (Å²) in [6.45, 7) is 1.48. The van der Waals surface area contributed by atoms with Crippen LogP contribution in [0.2, 0.25) is 0 Å². The number of benzene rings is 1. The van der Waals surface area contributed by atoms with Gasteiger partial charge in [0.25, 0.3) is 5.91 Å². The smallest absolute Gasteiger partial charge is 0.485 e. The number of hydrogen-bond donors (Lipinski definition) is 4. The summed E-state index contributed by atoms with van der Waals surface area (Å²) in [4.78, 5) is 37.0. The molecule has 0 unspecified atom stereocenters. The SMILES string of the molecule is Cc1nc2c(OCc3c(F)cccc3F)cccn2c1C(=O)NCC1(NC(=O)O)CC1.O=C(O)C(F)(F)F. The average Bonchev–Trinajstić information content (AvgIpc) is 3.48. The summed E-state index contributed by atoms with van der Waals surface area (Å²) < 4.78 is 66.6. The van der Waals surface area contributed by atoms with Gasteiger partial charge in [0.15, 0.2) is 11.4 Å². The normalized spacial score (nSPS) is 13.7. The number of aliphatic carboxylic acids is 1. The number of imidazole rings is 1. The second-order valence-electron chi connectivity index (χ2n) is 8.30. The molecule has 0 atom stereocenters. The first-order valence-corrected chi connectivity index (χ1v) is 10.9. The van der Waals surface area contributed by atoms with E-state index in [9.17, 15) is 31.5 Å². The third-order valence-electron chi connectivity index (χ3n) is 5.49. The van der Waals surface area contributed by atoms with Crippen molar-refractivity contribution < 1.29 is 51.3 Å². The van der Waals surface area contributed by atoms with Gasteiger partial charge in [-0.25, -0.2) is 23.4 Å². The van der Waals surface area contributed by atoms with E-state index in [1.54, 1.807) is 25.3 Å². The quantitative estimate of drug-likeness (QED) is 0.333. The van der Waals surface area contributed by atoms with Gasteiger partial charge >= 0.3 is 18.2 Å². The van der Waals surface area contributed by atoms with Crippen molar-refractivity contribution in [2.75, 3.05) is 6.54 Å². The van der Waals surface area contributed by atoms with Crippen LogP contribution in [0.5, 0.6) is 5.75 Å². The molecule has 1 fully saturated rings. The van der Waals surface area contributed by atoms with E-state index in [4.69, 9.17) is 19.7 Å². The van der Waals surface area contributed by atoms with Crippen LogP contribution in [0.1, 0.15) is 34.6 Å². The highest BCUT2D eigenvalue weighted by molar-refractivity contribution is 5.95. The van der Waals surface area contributed by atoms with Crippen LogP contribution >= 0.6 is 0 Å². The fourth-order valence-corrected chi connectivity index (χ4v) is 3.42. The fourth-order valence-electron chi connectivity index (χ4n) is 3.42. The summed E-state index contributed by atoms with van der Waals surface area (Å²) >= 11 is 0. The number of carbonyl (C=O) groups is 3. The number of nitrogens with zero attached hydrogens (tertiary/aromatic N) is 2. The standard InChI is InChI=1S/C21H20F2N4O4.C2HF3O2/c1-12-17(19(28)24-11-21(7-8-21)26-20(29)30)27-9-3-6-16(18(27)25-12)31-10-13-14(22)4-2-5-15(13)23;3-2(4,5)1(6)7/h2-6,9,26H,7-8,10-11H2,1H3,(H,24,28)(H,29,30);(H,6,7). The van der Waals surface area contributed by atoms with Crippen molar-refractivity contribution in [3.05, 3.63) is 65.1 Å². The monoisotopic (exact) mass is 544 g/mol. The minimum absolute atomic E-state index is 0.160. The molecule has 2 aromatic heterocycles. The minimum atomic E-state index is -5.08. The molecule has 1 aromatic carbocycles. The van der Waals surface area contributed by atoms with Crippen LogP contribution < -0.4 is 15.4 Å². The highest BCUT2D eigenvalue weighted by atomic mass is 19.4. The second-order valence-corrected chi connectivity index (χ2v) is 8.30. The summed E-state index contributed by atoms with van der Waals surface area (Å²) in [5.41, 5.74) is 0.192. The van der Waals surface area contributed by atoms with Crippen molar-refractivity contribution in [3.63, 3.8) is 0 Å². The minimum Gasteiger partial charge on any atom is -0.485 e. The van der Waals surface area contributed by atoms with Gasteiger partial charge in [-0.2, -0.15) is 13.2 Å². The third kappa shape index (κ3) is 6.66. The Balaban J connectivity index is 0.000000505. The number of rotatable bonds is 7. The number of fused-ring (bicyclic) bond motifs is 1. The number of carboxylic acids is 1. The maximum absolute atomic E-state index is 13.9. The Kier molecular flexibility index (Phi) is 8.07. The Morgan fingerprint density at radius 1 is 1.11 bits per heavy atom. The molecule has 2 amide bonds. The summed E-state index contributed by atoms with van der Waals surface area (Å²) in [6.07, 6.45) is -3.29. The molecule has 0 spiro atoms. The van der Waals surface area contributed by atoms with Crippen molar-refractivity contribution >= 4 is 23.6 Å². The third-order valence-corrected chi connectivity index (χ3v) is 5.49. The summed E-state index contributed by atoms with van der Waals surface area (Å²) in [6, 6.07) is 6.80. The molecule has 3 aromatic rings. The lowest BCUT2D eigenvalue weighted by atomic mass is 10.2. The Bertz CT molecular complexity index is 1350. The maximum Gasteiger partial charge on any atom is 0.490 e. The highest BCUT2D eigenvalue weighted by Gasteiger charge is 2.44. The maximum atomic E-state index is 13.9. The molecule has 4 rings (SSSR count). The Morgan fingerprint density at radius 3 is 2.24 bits per heavy atom. The van der Waals surface area contributed by atoms with Crippen LogP contribution in [-0.4, -0.2) is 55.8 Å². The zero-order chi connectivity index (χ0) is 28.3. The van der Waals surface area contributed by atoms with Crippen molar-refractivity contribution in [2.24, 2.45) is 0 Å². The number of aromatic nitrogens is 2. The van der Waals surface area contributed by atoms with Gasteiger partial charge in [0, 0.05) is 12.7 Å². The van der Waals surface area contributed by atoms with Gasteiger partial charge in [-0.15, -0.1) is 0 Å². The predicted molar refractivity (Wildman–Crippen MR) is 120 cm³/mol. The molecule has 4 N–H and O–H groups in total. The van der Waals surface area contributed by atoms with Gasteiger partial charge in [0.05, 0.1) is 16.8 Å². The predicted octanol–water partition coefficient (Wildman–Crippen LogP) is 3.66. The second kappa shape index (κ2) is 10.9. The summed E-state index contributed by atoms with van der Waals surface area (Å²) in [5, 5.41) is 21.2. The van der Waals surface area contributed by atoms with Crippen LogP contribution in [0.15, 0.2) is 36.5 Å². The number of halogens is 5. The van der Waals surface area contributed by atoms with Gasteiger partial charge in [-0.3, -0.25) is 9.20 Å². The van der Waals surface area contributed by atoms with Crippen LogP contribution in [0, 0.1) is 18.6 Å². The van der Waals surface area contributed by atoms with Gasteiger partial charge in [-0.05, 0) is 44.0 Å². The largest absolute Gasteiger partial charge is 0.490 e. The number of amides is 2. The van der Waals surface area contributed by atoms with E-state index in [0.29, 0.717) is 24.2 Å². The van der Waals surface area contributed by atoms with Gasteiger partial charge < -0.3 is 25.6 Å². The summed E-state index contributed by atoms with van der Waals surface area (Å²) in [7, 11) is 0. The highest BCUT2D eigenvalue weighted by Crippen LogP contribution is 2.34. The Labute approximate surface area is 211 Å². The van der Waals surface area contributed by atoms with E-state index in [2.05, 4.69) is 15.6 Å². The number of nitrogens with one attached hydrogen (secondary N) is 2. The molecule has 10 nitrogen and oxygen atoms in total. The lowest BCUT2D eigenvalue weighted by Gasteiger charge is -2.16. The number of alkyl halides is 3. The summed E-state index contributed by atoms with van der Waals surface area (Å²) in [5.74, 6) is -4.34. The zero-order valence-electron chi connectivity index (χ0n) is 19.6. The molecule has 0 radical (unpaired) electrons. The van der Waals surface area contributed by atoms with E-state index >= 15 is 0 Å². The topological polar surface area (TPSA) is 142 Å². The lowest BCUT2D eigenvalue weighted by molar-refractivity contribution is -0.192. The number of hydrogen-bond acceptors (Lipinski definition) is 5. The molecule has 2 heterocycles. The number of aryl methyl sites for hydroxylation is 1. The zero-order valence-corrected chi connectivity index (χ0v) is 19.6. The first-order chi connectivity index (χ1) is 17.7. The molecule has 1 saturated carbocycles. The molecular formula is C23H21F5N4O6. The van der Waals surface area contributed by atoms with E-state index in [-0.39, 0.29) is 30.2 Å². The first-order valence-electron chi connectivity index (χ1n) is 10.9. The number of carboxylic acid groups (broad SMARTS) is 2. The van der Waals surface area contributed by atoms with Crippen LogP contribution in [0.4, 0.5) is 26.7 Å². The molecule has 38 heavy (non-hydrogen) atoms. The molecular weight excluding hydrogens is 523 g/mol. The first kappa shape index (κ1) is 28.1. The Morgan fingerprint density at radius 2 is 1.71 bits per heavy atom. The van der Waals surface area contributed by atoms with Crippen molar-refractivity contribution in [1.82, 2.24) is 20.0 Å². The van der Waals surface area contributed by atoms with E-state index < -0.39 is 41.3 Å². The molecule has 0 saturated heterocycles. The average molecular weight is 544 g/mol. The van der Waals surface area contributed by atoms with Crippen molar-refractivity contribution in [3.8, 4) is 5.75 Å². The van der Waals surface area contributed by atoms with Gasteiger partial charge in [-0.1, -0.05) is 6.07 Å². The van der Waals surface area contributed by atoms with Crippen molar-refractivity contribution in [1.29, 1.82) is 0 Å². The number of pyridine rings is 1. The van der Waals surface area contributed by atoms with Crippen molar-refractivity contribution in [2.45, 2.75) is 38.1 Å². The Hall–Kier alpha value is -4.43. The van der Waals surface area contributed by atoms with Gasteiger partial charge in [0.1, 0.15) is 23.9 Å². The van der Waals surface area contributed by atoms with Crippen LogP contribution in [0.3, 0.4) is 0 Å². The number of ether oxygens (including phenoxy) is 1. The van der Waals surface area contributed by atoms with Gasteiger partial charge in [0.2, 0.25) is 0 Å². The van der Waals surface area contributed by atoms with Crippen LogP contribution in [0.25, 0.3) is 5.65 Å². The molecule has 1 aliphatic rings. The molecule has 0 bridgehead atoms. The lowest BCUT2D eigenvalue weighted by Crippen LogP contribution is -2.45. The van der Waals surface area contributed by atoms with E-state index in [1.807, 2.05) is 0 Å². The fraction of sp³-hybridized carbons (Fsp3) is 0.304. The molecule has 0 aliphatic heterocycles.